The van der Waals surface area contributed by atoms with Gasteiger partial charge in [-0.2, -0.15) is 5.10 Å². The maximum atomic E-state index is 5.64. The molecule has 5 heteroatoms. The second-order valence-corrected chi connectivity index (χ2v) is 4.12. The molecule has 0 spiro atoms. The highest BCUT2D eigenvalue weighted by molar-refractivity contribution is 5.52. The van der Waals surface area contributed by atoms with Gasteiger partial charge in [-0.05, 0) is 23.8 Å². The van der Waals surface area contributed by atoms with Gasteiger partial charge >= 0.3 is 0 Å². The largest absolute Gasteiger partial charge is 0.326 e. The third-order valence-corrected chi connectivity index (χ3v) is 2.82. The lowest BCUT2D eigenvalue weighted by Gasteiger charge is -2.03. The predicted octanol–water partition coefficient (Wildman–Crippen LogP) is 1.79. The summed E-state index contributed by atoms with van der Waals surface area (Å²) in [6, 6.07) is 9.76. The Morgan fingerprint density at radius 3 is 2.74 bits per heavy atom. The normalized spacial score (nSPS) is 10.6. The fraction of sp³-hybridized carbons (Fsp3) is 0.0714. The topological polar surface area (TPSA) is 69.6 Å². The van der Waals surface area contributed by atoms with Crippen LogP contribution in [0.2, 0.25) is 0 Å². The summed E-state index contributed by atoms with van der Waals surface area (Å²) in [6.45, 7) is 0.518. The van der Waals surface area contributed by atoms with Crippen LogP contribution in [0.1, 0.15) is 5.56 Å². The Kier molecular flexibility index (Phi) is 3.04. The summed E-state index contributed by atoms with van der Waals surface area (Å²) < 4.78 is 1.80. The number of hydrogen-bond acceptors (Lipinski definition) is 4. The van der Waals surface area contributed by atoms with Crippen molar-refractivity contribution in [3.63, 3.8) is 0 Å². The molecule has 19 heavy (non-hydrogen) atoms. The van der Waals surface area contributed by atoms with Crippen LogP contribution in [-0.2, 0) is 6.54 Å². The van der Waals surface area contributed by atoms with Crippen LogP contribution in [0.25, 0.3) is 17.1 Å². The smallest absolute Gasteiger partial charge is 0.162 e. The highest BCUT2D eigenvalue weighted by Crippen LogP contribution is 2.16. The number of nitrogens with zero attached hydrogens (tertiary/aromatic N) is 4. The third-order valence-electron chi connectivity index (χ3n) is 2.82. The minimum Gasteiger partial charge on any atom is -0.326 e. The fourth-order valence-electron chi connectivity index (χ4n) is 1.85. The standard InChI is InChI=1S/C14H13N5/c15-8-11-3-1-4-13(7-11)19-10-12(9-18-19)14-16-5-2-6-17-14/h1-7,9-10H,8,15H2. The number of nitrogens with two attached hydrogens (primary N) is 1. The van der Waals surface area contributed by atoms with E-state index in [4.69, 9.17) is 5.73 Å². The maximum absolute atomic E-state index is 5.64. The van der Waals surface area contributed by atoms with Gasteiger partial charge in [-0.25, -0.2) is 14.6 Å². The van der Waals surface area contributed by atoms with Crippen molar-refractivity contribution in [2.45, 2.75) is 6.54 Å². The fourth-order valence-corrected chi connectivity index (χ4v) is 1.85. The molecule has 5 nitrogen and oxygen atoms in total. The second-order valence-electron chi connectivity index (χ2n) is 4.12. The number of benzene rings is 1. The summed E-state index contributed by atoms with van der Waals surface area (Å²) in [6.07, 6.45) is 7.10. The average molecular weight is 251 g/mol. The molecule has 3 aromatic rings. The first-order valence-corrected chi connectivity index (χ1v) is 5.98. The van der Waals surface area contributed by atoms with Crippen molar-refractivity contribution in [2.24, 2.45) is 5.73 Å². The van der Waals surface area contributed by atoms with Crippen molar-refractivity contribution in [2.75, 3.05) is 0 Å². The molecule has 0 amide bonds. The van der Waals surface area contributed by atoms with Crippen LogP contribution in [0.5, 0.6) is 0 Å². The first kappa shape index (κ1) is 11.6. The van der Waals surface area contributed by atoms with E-state index in [1.165, 1.54) is 0 Å². The van der Waals surface area contributed by atoms with Crippen molar-refractivity contribution in [1.29, 1.82) is 0 Å². The summed E-state index contributed by atoms with van der Waals surface area (Å²) in [5.41, 5.74) is 8.58. The first-order chi connectivity index (χ1) is 9.36. The van der Waals surface area contributed by atoms with Crippen LogP contribution in [0.3, 0.4) is 0 Å². The molecule has 0 atom stereocenters. The van der Waals surface area contributed by atoms with E-state index < -0.39 is 0 Å². The van der Waals surface area contributed by atoms with Crippen LogP contribution >= 0.6 is 0 Å². The van der Waals surface area contributed by atoms with Gasteiger partial charge in [0.25, 0.3) is 0 Å². The van der Waals surface area contributed by atoms with Gasteiger partial charge < -0.3 is 5.73 Å². The van der Waals surface area contributed by atoms with Gasteiger partial charge in [0.05, 0.1) is 17.4 Å². The zero-order valence-corrected chi connectivity index (χ0v) is 10.3. The van der Waals surface area contributed by atoms with E-state index in [0.29, 0.717) is 12.4 Å². The molecule has 0 fully saturated rings. The van der Waals surface area contributed by atoms with Gasteiger partial charge in [0.2, 0.25) is 0 Å². The lowest BCUT2D eigenvalue weighted by Crippen LogP contribution is -1.99. The number of rotatable bonds is 3. The van der Waals surface area contributed by atoms with Crippen molar-refractivity contribution in [1.82, 2.24) is 19.7 Å². The van der Waals surface area contributed by atoms with E-state index in [0.717, 1.165) is 16.8 Å². The molecular weight excluding hydrogens is 238 g/mol. The number of aromatic nitrogens is 4. The number of hydrogen-bond donors (Lipinski definition) is 1. The van der Waals surface area contributed by atoms with Gasteiger partial charge in [-0.15, -0.1) is 0 Å². The minimum absolute atomic E-state index is 0.518. The van der Waals surface area contributed by atoms with Gasteiger partial charge in [-0.1, -0.05) is 12.1 Å². The minimum atomic E-state index is 0.518. The van der Waals surface area contributed by atoms with E-state index in [9.17, 15) is 0 Å². The van der Waals surface area contributed by atoms with E-state index in [1.54, 1.807) is 29.3 Å². The van der Waals surface area contributed by atoms with Crippen LogP contribution in [-0.4, -0.2) is 19.7 Å². The van der Waals surface area contributed by atoms with Gasteiger partial charge in [0, 0.05) is 25.1 Å². The molecule has 2 aromatic heterocycles. The summed E-state index contributed by atoms with van der Waals surface area (Å²) in [5, 5.41) is 4.33. The summed E-state index contributed by atoms with van der Waals surface area (Å²) >= 11 is 0. The van der Waals surface area contributed by atoms with Crippen LogP contribution in [0.4, 0.5) is 0 Å². The molecule has 94 valence electrons. The second kappa shape index (κ2) is 4.99. The summed E-state index contributed by atoms with van der Waals surface area (Å²) in [4.78, 5) is 8.41. The highest BCUT2D eigenvalue weighted by atomic mass is 15.3. The van der Waals surface area contributed by atoms with Gasteiger partial charge in [-0.3, -0.25) is 0 Å². The van der Waals surface area contributed by atoms with Crippen LogP contribution in [0.15, 0.2) is 55.1 Å². The SMILES string of the molecule is NCc1cccc(-n2cc(-c3ncccn3)cn2)c1. The molecule has 0 saturated carbocycles. The van der Waals surface area contributed by atoms with E-state index in [1.807, 2.05) is 30.5 Å². The van der Waals surface area contributed by atoms with Crippen molar-refractivity contribution in [3.05, 3.63) is 60.7 Å². The van der Waals surface area contributed by atoms with Crippen LogP contribution in [0, 0.1) is 0 Å². The lowest BCUT2D eigenvalue weighted by atomic mass is 10.2. The van der Waals surface area contributed by atoms with E-state index in [2.05, 4.69) is 15.1 Å². The van der Waals surface area contributed by atoms with Gasteiger partial charge in [0.1, 0.15) is 0 Å². The Labute approximate surface area is 110 Å². The van der Waals surface area contributed by atoms with E-state index >= 15 is 0 Å². The molecule has 0 aliphatic heterocycles. The van der Waals surface area contributed by atoms with Crippen molar-refractivity contribution >= 4 is 0 Å². The molecule has 1 aromatic carbocycles. The molecular formula is C14H13N5. The molecule has 3 rings (SSSR count). The molecule has 0 bridgehead atoms. The molecule has 2 N–H and O–H groups in total. The Hall–Kier alpha value is -2.53. The van der Waals surface area contributed by atoms with E-state index in [-0.39, 0.29) is 0 Å². The Morgan fingerprint density at radius 2 is 1.95 bits per heavy atom. The molecule has 0 saturated heterocycles. The predicted molar refractivity (Wildman–Crippen MR) is 72.5 cm³/mol. The quantitative estimate of drug-likeness (QED) is 0.770. The van der Waals surface area contributed by atoms with Crippen LogP contribution < -0.4 is 5.73 Å². The third kappa shape index (κ3) is 2.36. The zero-order chi connectivity index (χ0) is 13.1. The average Bonchev–Trinajstić information content (AvgIpc) is 2.98. The zero-order valence-electron chi connectivity index (χ0n) is 10.3. The molecule has 2 heterocycles. The van der Waals surface area contributed by atoms with Crippen molar-refractivity contribution < 1.29 is 0 Å². The Morgan fingerprint density at radius 1 is 1.11 bits per heavy atom. The Balaban J connectivity index is 1.97. The van der Waals surface area contributed by atoms with Gasteiger partial charge in [0.15, 0.2) is 5.82 Å². The summed E-state index contributed by atoms with van der Waals surface area (Å²) in [5.74, 6) is 0.670. The maximum Gasteiger partial charge on any atom is 0.162 e. The first-order valence-electron chi connectivity index (χ1n) is 5.98. The summed E-state index contributed by atoms with van der Waals surface area (Å²) in [7, 11) is 0. The molecule has 0 radical (unpaired) electrons. The molecule has 0 aliphatic rings. The monoisotopic (exact) mass is 251 g/mol. The van der Waals surface area contributed by atoms with Crippen molar-refractivity contribution in [3.8, 4) is 17.1 Å². The molecule has 0 unspecified atom stereocenters. The molecule has 0 aliphatic carbocycles. The Bertz CT molecular complexity index is 675. The highest BCUT2D eigenvalue weighted by Gasteiger charge is 2.05. The lowest BCUT2D eigenvalue weighted by molar-refractivity contribution is 0.876.